The molecule has 9 nitrogen and oxygen atoms in total. The zero-order valence-corrected chi connectivity index (χ0v) is 28.0. The number of rotatable bonds is 13. The molecule has 7 N–H and O–H groups in total. The van der Waals surface area contributed by atoms with E-state index in [1.807, 2.05) is 11.5 Å². The number of aliphatic hydroxyl groups excluding tert-OH is 2. The lowest BCUT2D eigenvalue weighted by molar-refractivity contribution is -0.121. The first-order chi connectivity index (χ1) is 23.8. The Morgan fingerprint density at radius 3 is 2.90 bits per heavy atom. The molecule has 0 unspecified atom stereocenters. The number of H-pyrrole nitrogens is 1. The minimum absolute atomic E-state index is 0.0290. The van der Waals surface area contributed by atoms with Gasteiger partial charge in [-0.15, -0.1) is 0 Å². The molecule has 3 aliphatic carbocycles. The number of carbonyl (C=O) groups excluding carboxylic acids is 1. The Balaban J connectivity index is 1.00. The maximum atomic E-state index is 12.5. The van der Waals surface area contributed by atoms with Crippen LogP contribution in [-0.4, -0.2) is 42.9 Å². The Bertz CT molecular complexity index is 1990. The molecule has 0 bridgehead atoms. The lowest BCUT2D eigenvalue weighted by Crippen LogP contribution is -2.41. The number of Topliss-reactive ketones (excluding diaryl/α,β-unsaturated/α-hetero) is 1. The van der Waals surface area contributed by atoms with E-state index in [9.17, 15) is 20.1 Å². The van der Waals surface area contributed by atoms with Crippen molar-refractivity contribution in [3.8, 4) is 11.5 Å². The van der Waals surface area contributed by atoms with E-state index in [1.54, 1.807) is 23.8 Å². The molecule has 1 aliphatic heterocycles. The number of nitrogens with one attached hydrogen (secondary N) is 2. The maximum absolute atomic E-state index is 12.5. The van der Waals surface area contributed by atoms with E-state index < -0.39 is 12.2 Å². The number of phenolic OH excluding ortho intramolecular Hbond substituents is 1. The van der Waals surface area contributed by atoms with Gasteiger partial charge in [-0.25, -0.2) is 0 Å². The van der Waals surface area contributed by atoms with E-state index in [2.05, 4.69) is 53.2 Å². The van der Waals surface area contributed by atoms with Crippen LogP contribution >= 0.6 is 0 Å². The highest BCUT2D eigenvalue weighted by molar-refractivity contribution is 5.94. The fourth-order valence-corrected chi connectivity index (χ4v) is 9.30. The fraction of sp³-hybridized carbons (Fsp3) is 0.425. The van der Waals surface area contributed by atoms with Crippen molar-refractivity contribution in [2.45, 2.75) is 102 Å². The number of ether oxygens (including phenoxy) is 1. The molecule has 1 fully saturated rings. The van der Waals surface area contributed by atoms with Crippen LogP contribution in [0.1, 0.15) is 98.7 Å². The zero-order chi connectivity index (χ0) is 33.9. The molecule has 49 heavy (non-hydrogen) atoms. The van der Waals surface area contributed by atoms with Gasteiger partial charge in [0.05, 0.1) is 17.7 Å². The molecule has 256 valence electrons. The third-order valence-electron chi connectivity index (χ3n) is 11.4. The Morgan fingerprint density at radius 1 is 1.16 bits per heavy atom. The van der Waals surface area contributed by atoms with E-state index in [0.29, 0.717) is 24.5 Å². The molecule has 0 radical (unpaired) electrons. The largest absolute Gasteiger partial charge is 0.504 e. The van der Waals surface area contributed by atoms with Crippen LogP contribution in [0.4, 0.5) is 0 Å². The standard InChI is InChI=1S/C40H46N4O5/c1-2-5-24(45)17-26(47)18-25(46)11-9-23-10-14-35(48)36(16-23)49-22-44-20-29-32(19-42-34(29)21-44)40-15-4-8-30(40)27-12-13-33-38(27)37-28(39(41)43-33)6-3-7-31(37)40/h3,6-7,10,13-14,16,19-21,24,26,30,39,42-43,45,47-48H,2,4-5,8-9,11-12,15,17-18,22,41H2,1H3/t24-,26+,30+,39+,40-/m0/s1. The number of carbonyl (C=O) groups is 1. The molecule has 1 saturated carbocycles. The highest BCUT2D eigenvalue weighted by Gasteiger charge is 2.54. The van der Waals surface area contributed by atoms with Crippen LogP contribution in [-0.2, 0) is 23.4 Å². The van der Waals surface area contributed by atoms with E-state index in [-0.39, 0.29) is 49.1 Å². The van der Waals surface area contributed by atoms with Crippen molar-refractivity contribution in [1.29, 1.82) is 0 Å². The van der Waals surface area contributed by atoms with Gasteiger partial charge in [0.25, 0.3) is 0 Å². The Kier molecular flexibility index (Phi) is 8.17. The summed E-state index contributed by atoms with van der Waals surface area (Å²) in [6.07, 6.45) is 13.9. The average molecular weight is 663 g/mol. The topological polar surface area (TPSA) is 146 Å². The fourth-order valence-electron chi connectivity index (χ4n) is 9.30. The van der Waals surface area contributed by atoms with Crippen LogP contribution in [0.25, 0.3) is 16.5 Å². The summed E-state index contributed by atoms with van der Waals surface area (Å²) in [4.78, 5) is 16.1. The van der Waals surface area contributed by atoms with Gasteiger partial charge in [0.2, 0.25) is 0 Å². The van der Waals surface area contributed by atoms with Crippen LogP contribution in [0.2, 0.25) is 0 Å². The minimum atomic E-state index is -0.839. The normalized spacial score (nSPS) is 23.2. The molecule has 9 heteroatoms. The number of aliphatic hydroxyl groups is 2. The monoisotopic (exact) mass is 662 g/mol. The number of allylic oxidation sites excluding steroid dienone is 3. The number of nitrogens with two attached hydrogens (primary N) is 1. The number of aryl methyl sites for hydroxylation is 1. The zero-order valence-electron chi connectivity index (χ0n) is 28.0. The molecular formula is C40H46N4O5. The number of hydrogen-bond acceptors (Lipinski definition) is 7. The number of ketones is 1. The Hall–Kier alpha value is -4.31. The number of aromatic nitrogens is 2. The molecule has 0 spiro atoms. The summed E-state index contributed by atoms with van der Waals surface area (Å²) in [6, 6.07) is 11.8. The number of fused-ring (bicyclic) bond motifs is 4. The number of phenols is 1. The molecule has 4 aliphatic rings. The molecule has 3 heterocycles. The number of benzene rings is 2. The van der Waals surface area contributed by atoms with Gasteiger partial charge in [0.1, 0.15) is 11.9 Å². The van der Waals surface area contributed by atoms with Gasteiger partial charge in [0.15, 0.2) is 18.2 Å². The second-order valence-corrected chi connectivity index (χ2v) is 14.5. The highest BCUT2D eigenvalue weighted by atomic mass is 16.5. The Morgan fingerprint density at radius 2 is 2.04 bits per heavy atom. The average Bonchev–Trinajstić information content (AvgIpc) is 3.87. The number of aromatic hydroxyl groups is 1. The maximum Gasteiger partial charge on any atom is 0.165 e. The van der Waals surface area contributed by atoms with Crippen LogP contribution in [0.3, 0.4) is 0 Å². The van der Waals surface area contributed by atoms with Crippen molar-refractivity contribution in [3.05, 3.63) is 100 Å². The summed E-state index contributed by atoms with van der Waals surface area (Å²) in [6.45, 7) is 2.19. The number of hydrogen-bond donors (Lipinski definition) is 6. The molecule has 2 aromatic heterocycles. The van der Waals surface area contributed by atoms with Crippen molar-refractivity contribution in [1.82, 2.24) is 14.9 Å². The summed E-state index contributed by atoms with van der Waals surface area (Å²) in [7, 11) is 0. The molecular weight excluding hydrogens is 616 g/mol. The van der Waals surface area contributed by atoms with Gasteiger partial charge in [-0.05, 0) is 84.4 Å². The predicted octanol–water partition coefficient (Wildman–Crippen LogP) is 6.22. The third kappa shape index (κ3) is 5.39. The van der Waals surface area contributed by atoms with Crippen molar-refractivity contribution in [2.24, 2.45) is 11.7 Å². The first-order valence-electron chi connectivity index (χ1n) is 17.9. The smallest absolute Gasteiger partial charge is 0.165 e. The highest BCUT2D eigenvalue weighted by Crippen LogP contribution is 2.63. The SMILES string of the molecule is CCC[C@H](O)C[C@@H](O)CC(=O)CCc1ccc(O)c(OCn2cc3[nH]cc([C@@]45CCC[C@@H]4C4=C6C(=CC4)N[C@@H](N)c4cccc5c46)c3c2)c1. The summed E-state index contributed by atoms with van der Waals surface area (Å²) in [5, 5.41) is 35.5. The first-order valence-corrected chi connectivity index (χ1v) is 17.9. The number of nitrogens with zero attached hydrogens (tertiary/aromatic N) is 1. The van der Waals surface area contributed by atoms with Gasteiger partial charge in [-0.2, -0.15) is 0 Å². The summed E-state index contributed by atoms with van der Waals surface area (Å²) in [5.74, 6) is 0.770. The van der Waals surface area contributed by atoms with Crippen LogP contribution < -0.4 is 15.8 Å². The second kappa shape index (κ2) is 12.5. The van der Waals surface area contributed by atoms with Crippen molar-refractivity contribution in [3.63, 3.8) is 0 Å². The summed E-state index contributed by atoms with van der Waals surface area (Å²) in [5.41, 5.74) is 17.8. The van der Waals surface area contributed by atoms with Gasteiger partial charge >= 0.3 is 0 Å². The van der Waals surface area contributed by atoms with Crippen LogP contribution in [0.5, 0.6) is 11.5 Å². The first kappa shape index (κ1) is 31.9. The number of aromatic amines is 1. The predicted molar refractivity (Wildman–Crippen MR) is 189 cm³/mol. The molecule has 0 amide bonds. The third-order valence-corrected chi connectivity index (χ3v) is 11.4. The quantitative estimate of drug-likeness (QED) is 0.0998. The van der Waals surface area contributed by atoms with Gasteiger partial charge in [-0.1, -0.05) is 55.7 Å². The minimum Gasteiger partial charge on any atom is -0.504 e. The molecule has 4 aromatic rings. The van der Waals surface area contributed by atoms with Gasteiger partial charge < -0.3 is 40.7 Å². The van der Waals surface area contributed by atoms with Gasteiger partial charge in [0, 0.05) is 53.5 Å². The molecule has 2 aromatic carbocycles. The van der Waals surface area contributed by atoms with Crippen LogP contribution in [0, 0.1) is 5.92 Å². The Labute approximate surface area is 286 Å². The van der Waals surface area contributed by atoms with E-state index in [0.717, 1.165) is 36.8 Å². The molecule has 0 saturated heterocycles. The van der Waals surface area contributed by atoms with Crippen molar-refractivity contribution in [2.75, 3.05) is 0 Å². The van der Waals surface area contributed by atoms with E-state index >= 15 is 0 Å². The van der Waals surface area contributed by atoms with E-state index in [1.165, 1.54) is 45.3 Å². The summed E-state index contributed by atoms with van der Waals surface area (Å²) >= 11 is 0. The second-order valence-electron chi connectivity index (χ2n) is 14.5. The molecule has 5 atom stereocenters. The summed E-state index contributed by atoms with van der Waals surface area (Å²) < 4.78 is 8.15. The lowest BCUT2D eigenvalue weighted by Gasteiger charge is -2.45. The molecule has 8 rings (SSSR count). The van der Waals surface area contributed by atoms with Gasteiger partial charge in [-0.3, -0.25) is 4.79 Å². The van der Waals surface area contributed by atoms with Crippen molar-refractivity contribution >= 4 is 22.3 Å². The van der Waals surface area contributed by atoms with Crippen molar-refractivity contribution < 1.29 is 24.9 Å². The van der Waals surface area contributed by atoms with E-state index in [4.69, 9.17) is 10.5 Å². The lowest BCUT2D eigenvalue weighted by atomic mass is 9.58. The van der Waals surface area contributed by atoms with Crippen LogP contribution in [0.15, 0.2) is 72.3 Å².